The van der Waals surface area contributed by atoms with Crippen molar-refractivity contribution in [3.8, 4) is 5.75 Å². The number of anilines is 1. The molecule has 0 saturated carbocycles. The number of nitrogens with one attached hydrogen (secondary N) is 1. The largest absolute Gasteiger partial charge is 0.497 e. The van der Waals surface area contributed by atoms with Gasteiger partial charge in [0, 0.05) is 30.3 Å². The number of rotatable bonds is 9. The van der Waals surface area contributed by atoms with Crippen LogP contribution in [-0.4, -0.2) is 56.3 Å². The van der Waals surface area contributed by atoms with Crippen molar-refractivity contribution in [2.75, 3.05) is 25.6 Å². The molecule has 7 nitrogen and oxygen atoms in total. The Bertz CT molecular complexity index is 1360. The van der Waals surface area contributed by atoms with E-state index in [-0.39, 0.29) is 42.8 Å². The van der Waals surface area contributed by atoms with Crippen molar-refractivity contribution < 1.29 is 24.2 Å². The highest BCUT2D eigenvalue weighted by Gasteiger charge is 2.64. The van der Waals surface area contributed by atoms with E-state index < -0.39 is 19.8 Å². The molecule has 2 heterocycles. The fourth-order valence-electron chi connectivity index (χ4n) is 6.81. The van der Waals surface area contributed by atoms with Gasteiger partial charge in [0.15, 0.2) is 5.60 Å². The summed E-state index contributed by atoms with van der Waals surface area (Å²) in [7, 11) is -0.675. The van der Waals surface area contributed by atoms with Crippen LogP contribution in [0.2, 0.25) is 18.6 Å². The molecular weight excluding hydrogens is 520 g/mol. The first-order valence-electron chi connectivity index (χ1n) is 13.9. The van der Waals surface area contributed by atoms with E-state index in [4.69, 9.17) is 9.47 Å². The Morgan fingerprint density at radius 3 is 2.40 bits per heavy atom. The average molecular weight is 559 g/mol. The molecule has 3 aromatic rings. The maximum atomic E-state index is 13.9. The highest BCUT2D eigenvalue weighted by Crippen LogP contribution is 2.58. The minimum Gasteiger partial charge on any atom is -0.497 e. The molecule has 0 bridgehead atoms. The highest BCUT2D eigenvalue weighted by molar-refractivity contribution is 6.91. The Morgan fingerprint density at radius 2 is 1.73 bits per heavy atom. The lowest BCUT2D eigenvalue weighted by Gasteiger charge is -2.37. The third-order valence-electron chi connectivity index (χ3n) is 8.81. The molecule has 1 fully saturated rings. The molecule has 8 heteroatoms. The summed E-state index contributed by atoms with van der Waals surface area (Å²) >= 11 is 0. The van der Waals surface area contributed by atoms with Gasteiger partial charge in [0.1, 0.15) is 5.75 Å². The van der Waals surface area contributed by atoms with Crippen LogP contribution in [0.5, 0.6) is 5.75 Å². The molecule has 1 saturated heterocycles. The van der Waals surface area contributed by atoms with Crippen molar-refractivity contribution in [2.45, 2.75) is 50.2 Å². The predicted octanol–water partition coefficient (Wildman–Crippen LogP) is 4.27. The first-order chi connectivity index (χ1) is 19.2. The fourth-order valence-corrected chi connectivity index (χ4v) is 10.8. The summed E-state index contributed by atoms with van der Waals surface area (Å²) in [6, 6.07) is 25.6. The molecule has 1 spiro atoms. The summed E-state index contributed by atoms with van der Waals surface area (Å²) < 4.78 is 12.3. The second-order valence-corrected chi connectivity index (χ2v) is 16.1. The minimum absolute atomic E-state index is 0.0329. The number of benzene rings is 3. The molecule has 2 aliphatic heterocycles. The van der Waals surface area contributed by atoms with Gasteiger partial charge >= 0.3 is 0 Å². The third kappa shape index (κ3) is 4.85. The van der Waals surface area contributed by atoms with Crippen molar-refractivity contribution in [3.05, 3.63) is 90.0 Å². The van der Waals surface area contributed by atoms with Crippen molar-refractivity contribution in [2.24, 2.45) is 5.92 Å². The van der Waals surface area contributed by atoms with Gasteiger partial charge in [0.25, 0.3) is 5.91 Å². The third-order valence-corrected chi connectivity index (χ3v) is 13.2. The number of aliphatic hydroxyl groups is 1. The molecule has 0 aliphatic carbocycles. The van der Waals surface area contributed by atoms with Crippen molar-refractivity contribution in [3.63, 3.8) is 0 Å². The van der Waals surface area contributed by atoms with E-state index in [2.05, 4.69) is 37.5 Å². The first kappa shape index (κ1) is 28.1. The monoisotopic (exact) mass is 558 g/mol. The summed E-state index contributed by atoms with van der Waals surface area (Å²) in [5, 5.41) is 14.0. The number of carbonyl (C=O) groups excluding carboxylic acids is 2. The Balaban J connectivity index is 1.52. The van der Waals surface area contributed by atoms with E-state index in [1.54, 1.807) is 12.0 Å². The van der Waals surface area contributed by atoms with Crippen LogP contribution in [0.4, 0.5) is 5.69 Å². The second kappa shape index (κ2) is 11.2. The Kier molecular flexibility index (Phi) is 7.86. The van der Waals surface area contributed by atoms with Crippen LogP contribution in [0.1, 0.15) is 24.5 Å². The lowest BCUT2D eigenvalue weighted by Crippen LogP contribution is -2.52. The molecule has 0 radical (unpaired) electrons. The zero-order valence-corrected chi connectivity index (χ0v) is 24.6. The summed E-state index contributed by atoms with van der Waals surface area (Å²) in [4.78, 5) is 29.2. The summed E-state index contributed by atoms with van der Waals surface area (Å²) in [5.41, 5.74) is 1.40. The molecule has 210 valence electrons. The number of nitrogens with zero attached hydrogens (tertiary/aromatic N) is 1. The van der Waals surface area contributed by atoms with Crippen molar-refractivity contribution in [1.29, 1.82) is 0 Å². The van der Waals surface area contributed by atoms with Gasteiger partial charge in [-0.15, -0.1) is 0 Å². The Morgan fingerprint density at radius 1 is 1.05 bits per heavy atom. The zero-order valence-electron chi connectivity index (χ0n) is 23.6. The van der Waals surface area contributed by atoms with Crippen LogP contribution < -0.4 is 15.2 Å². The number of amides is 2. The lowest BCUT2D eigenvalue weighted by atomic mass is 9.82. The summed E-state index contributed by atoms with van der Waals surface area (Å²) in [6.45, 7) is 7.20. The van der Waals surface area contributed by atoms with Gasteiger partial charge in [-0.25, -0.2) is 0 Å². The van der Waals surface area contributed by atoms with Crippen LogP contribution in [0.25, 0.3) is 0 Å². The quantitative estimate of drug-likeness (QED) is 0.383. The van der Waals surface area contributed by atoms with Gasteiger partial charge in [-0.05, 0) is 29.3 Å². The van der Waals surface area contributed by atoms with E-state index in [0.717, 1.165) is 22.6 Å². The molecule has 2 aliphatic rings. The van der Waals surface area contributed by atoms with Gasteiger partial charge in [-0.2, -0.15) is 0 Å². The van der Waals surface area contributed by atoms with Crippen LogP contribution in [0, 0.1) is 5.92 Å². The second-order valence-electron chi connectivity index (χ2n) is 11.4. The number of aliphatic hydroxyl groups excluding tert-OH is 1. The van der Waals surface area contributed by atoms with Crippen molar-refractivity contribution in [1.82, 2.24) is 4.90 Å². The molecule has 40 heavy (non-hydrogen) atoms. The standard InChI is InChI=1S/C32H38N2O5Si/c1-22-30(40(3,4)25-16-14-24(38-2)15-17-25)28(39-32(22)26-12-8-9-13-27(26)33-31(32)37)20-29(36)34(18-19-35)21-23-10-6-5-7-11-23/h5-17,22,28,30,35H,18-21H2,1-4H3,(H,33,37)/t22-,28+,30-,32+/m1/s1. The molecule has 0 aromatic heterocycles. The van der Waals surface area contributed by atoms with E-state index in [9.17, 15) is 14.7 Å². The first-order valence-corrected chi connectivity index (χ1v) is 17.0. The molecular formula is C32H38N2O5Si. The molecule has 2 N–H and O–H groups in total. The number of hydrogen-bond acceptors (Lipinski definition) is 5. The van der Waals surface area contributed by atoms with Crippen LogP contribution in [0.3, 0.4) is 0 Å². The van der Waals surface area contributed by atoms with E-state index in [0.29, 0.717) is 6.54 Å². The van der Waals surface area contributed by atoms with E-state index >= 15 is 0 Å². The average Bonchev–Trinajstić information content (AvgIpc) is 3.42. The number of hydrogen-bond donors (Lipinski definition) is 2. The minimum atomic E-state index is -2.33. The number of methoxy groups -OCH3 is 1. The van der Waals surface area contributed by atoms with Gasteiger partial charge in [-0.3, -0.25) is 9.59 Å². The Hall–Kier alpha value is -3.46. The van der Waals surface area contributed by atoms with Crippen LogP contribution >= 0.6 is 0 Å². The van der Waals surface area contributed by atoms with Gasteiger partial charge in [0.2, 0.25) is 5.91 Å². The summed E-state index contributed by atoms with van der Waals surface area (Å²) in [6.07, 6.45) is -0.342. The smallest absolute Gasteiger partial charge is 0.261 e. The number of para-hydroxylation sites is 1. The van der Waals surface area contributed by atoms with E-state index in [1.165, 1.54) is 5.19 Å². The molecule has 0 unspecified atom stereocenters. The van der Waals surface area contributed by atoms with Gasteiger partial charge in [0.05, 0.1) is 34.3 Å². The molecule has 3 aromatic carbocycles. The van der Waals surface area contributed by atoms with Gasteiger partial charge in [-0.1, -0.05) is 85.9 Å². The zero-order chi connectivity index (χ0) is 28.5. The van der Waals surface area contributed by atoms with Crippen LogP contribution in [-0.2, 0) is 26.5 Å². The number of carbonyl (C=O) groups is 2. The topological polar surface area (TPSA) is 88.1 Å². The lowest BCUT2D eigenvalue weighted by molar-refractivity contribution is -0.148. The molecule has 4 atom stereocenters. The SMILES string of the molecule is COc1ccc([Si](C)(C)[C@H]2[C@H](CC(=O)N(CCO)Cc3ccccc3)O[C@@]3(C(=O)Nc4ccccc43)[C@@H]2C)cc1. The molecule has 5 rings (SSSR count). The highest BCUT2D eigenvalue weighted by atomic mass is 28.3. The predicted molar refractivity (Wildman–Crippen MR) is 158 cm³/mol. The Labute approximate surface area is 237 Å². The number of fused-ring (bicyclic) bond motifs is 2. The summed E-state index contributed by atoms with van der Waals surface area (Å²) in [5.74, 6) is 0.357. The van der Waals surface area contributed by atoms with Crippen LogP contribution in [0.15, 0.2) is 78.9 Å². The molecule has 2 amide bonds. The van der Waals surface area contributed by atoms with Crippen molar-refractivity contribution >= 4 is 30.8 Å². The maximum absolute atomic E-state index is 13.9. The van der Waals surface area contributed by atoms with Gasteiger partial charge < -0.3 is 24.8 Å². The maximum Gasteiger partial charge on any atom is 0.261 e. The number of ether oxygens (including phenoxy) is 2. The van der Waals surface area contributed by atoms with E-state index in [1.807, 2.05) is 66.7 Å². The fraction of sp³-hybridized carbons (Fsp3) is 0.375. The normalized spacial score (nSPS) is 23.6.